The Morgan fingerprint density at radius 3 is 2.48 bits per heavy atom. The molecule has 23 heavy (non-hydrogen) atoms. The van der Waals surface area contributed by atoms with Crippen LogP contribution in [0.4, 0.5) is 0 Å². The molecule has 4 nitrogen and oxygen atoms in total. The molecular weight excluding hydrogens is 290 g/mol. The third kappa shape index (κ3) is 5.02. The van der Waals surface area contributed by atoms with Crippen LogP contribution in [0.1, 0.15) is 24.5 Å². The van der Waals surface area contributed by atoms with Gasteiger partial charge >= 0.3 is 0 Å². The molecule has 0 aliphatic carbocycles. The lowest BCUT2D eigenvalue weighted by molar-refractivity contribution is -0.128. The highest BCUT2D eigenvalue weighted by molar-refractivity contribution is 5.81. The molecule has 0 aromatic heterocycles. The maximum atomic E-state index is 12.3. The highest BCUT2D eigenvalue weighted by atomic mass is 16.5. The first kappa shape index (κ1) is 16.9. The molecule has 2 aromatic carbocycles. The molecule has 1 amide bonds. The lowest BCUT2D eigenvalue weighted by Crippen LogP contribution is -2.37. The van der Waals surface area contributed by atoms with Gasteiger partial charge in [-0.25, -0.2) is 0 Å². The van der Waals surface area contributed by atoms with E-state index in [0.29, 0.717) is 13.0 Å². The Hall–Kier alpha value is -2.49. The van der Waals surface area contributed by atoms with Gasteiger partial charge in [-0.2, -0.15) is 0 Å². The molecule has 2 aromatic rings. The minimum atomic E-state index is -0.491. The van der Waals surface area contributed by atoms with Crippen molar-refractivity contribution in [3.8, 4) is 11.5 Å². The number of nitrogens with one attached hydrogen (secondary N) is 1. The van der Waals surface area contributed by atoms with E-state index in [4.69, 9.17) is 9.47 Å². The van der Waals surface area contributed by atoms with Gasteiger partial charge in [0.05, 0.1) is 7.11 Å². The standard InChI is InChI=1S/C19H23NO3/c1-4-18(23-17-7-5-6-14(2)12-17)19(21)20-13-15-8-10-16(22-3)11-9-15/h5-12,18H,4,13H2,1-3H3,(H,20,21)/t18-/m0/s1. The van der Waals surface area contributed by atoms with E-state index in [0.717, 1.165) is 22.6 Å². The molecule has 0 bridgehead atoms. The molecule has 0 aliphatic rings. The number of ether oxygens (including phenoxy) is 2. The average molecular weight is 313 g/mol. The van der Waals surface area contributed by atoms with Gasteiger partial charge in [0.15, 0.2) is 6.10 Å². The fraction of sp³-hybridized carbons (Fsp3) is 0.316. The van der Waals surface area contributed by atoms with Crippen LogP contribution in [0.15, 0.2) is 48.5 Å². The third-order valence-corrected chi connectivity index (χ3v) is 3.56. The number of rotatable bonds is 7. The second-order valence-electron chi connectivity index (χ2n) is 5.40. The summed E-state index contributed by atoms with van der Waals surface area (Å²) in [5.41, 5.74) is 2.13. The molecule has 0 aliphatic heterocycles. The van der Waals surface area contributed by atoms with Crippen LogP contribution in [0.5, 0.6) is 11.5 Å². The SMILES string of the molecule is CC[C@H](Oc1cccc(C)c1)C(=O)NCc1ccc(OC)cc1. The van der Waals surface area contributed by atoms with Crippen LogP contribution in [0, 0.1) is 6.92 Å². The molecule has 0 spiro atoms. The Bertz CT molecular complexity index is 637. The van der Waals surface area contributed by atoms with Gasteiger partial charge in [-0.1, -0.05) is 31.2 Å². The van der Waals surface area contributed by atoms with Crippen molar-refractivity contribution in [3.05, 3.63) is 59.7 Å². The molecule has 122 valence electrons. The first-order chi connectivity index (χ1) is 11.1. The van der Waals surface area contributed by atoms with Gasteiger partial charge in [-0.05, 0) is 48.7 Å². The van der Waals surface area contributed by atoms with Crippen molar-refractivity contribution in [2.75, 3.05) is 7.11 Å². The Balaban J connectivity index is 1.91. The second-order valence-corrected chi connectivity index (χ2v) is 5.40. The molecule has 0 fully saturated rings. The highest BCUT2D eigenvalue weighted by Gasteiger charge is 2.18. The smallest absolute Gasteiger partial charge is 0.261 e. The maximum Gasteiger partial charge on any atom is 0.261 e. The number of benzene rings is 2. The number of amides is 1. The zero-order valence-electron chi connectivity index (χ0n) is 13.8. The van der Waals surface area contributed by atoms with Crippen molar-refractivity contribution in [1.29, 1.82) is 0 Å². The van der Waals surface area contributed by atoms with Gasteiger partial charge in [0.1, 0.15) is 11.5 Å². The topological polar surface area (TPSA) is 47.6 Å². The summed E-state index contributed by atoms with van der Waals surface area (Å²) < 4.78 is 10.9. The fourth-order valence-electron chi connectivity index (χ4n) is 2.22. The van der Waals surface area contributed by atoms with Crippen molar-refractivity contribution in [1.82, 2.24) is 5.32 Å². The van der Waals surface area contributed by atoms with Gasteiger partial charge in [-0.15, -0.1) is 0 Å². The van der Waals surface area contributed by atoms with E-state index in [-0.39, 0.29) is 5.91 Å². The quantitative estimate of drug-likeness (QED) is 0.851. The first-order valence-corrected chi connectivity index (χ1v) is 7.76. The van der Waals surface area contributed by atoms with E-state index in [1.54, 1.807) is 7.11 Å². The first-order valence-electron chi connectivity index (χ1n) is 7.76. The Morgan fingerprint density at radius 1 is 1.13 bits per heavy atom. The summed E-state index contributed by atoms with van der Waals surface area (Å²) in [6.45, 7) is 4.40. The van der Waals surface area contributed by atoms with Crippen molar-refractivity contribution >= 4 is 5.91 Å². The van der Waals surface area contributed by atoms with Crippen LogP contribution < -0.4 is 14.8 Å². The fourth-order valence-corrected chi connectivity index (χ4v) is 2.22. The monoisotopic (exact) mass is 313 g/mol. The Labute approximate surface area is 137 Å². The number of hydrogen-bond donors (Lipinski definition) is 1. The van der Waals surface area contributed by atoms with E-state index in [9.17, 15) is 4.79 Å². The van der Waals surface area contributed by atoms with Crippen molar-refractivity contribution < 1.29 is 14.3 Å². The molecule has 0 saturated heterocycles. The predicted molar refractivity (Wildman–Crippen MR) is 90.7 cm³/mol. The van der Waals surface area contributed by atoms with Gasteiger partial charge in [0.2, 0.25) is 0 Å². The van der Waals surface area contributed by atoms with E-state index < -0.39 is 6.10 Å². The average Bonchev–Trinajstić information content (AvgIpc) is 2.58. The molecule has 0 unspecified atom stereocenters. The number of carbonyl (C=O) groups excluding carboxylic acids is 1. The van der Waals surface area contributed by atoms with Crippen LogP contribution in [-0.4, -0.2) is 19.1 Å². The number of aryl methyl sites for hydroxylation is 1. The summed E-state index contributed by atoms with van der Waals surface area (Å²) in [4.78, 5) is 12.3. The van der Waals surface area contributed by atoms with Gasteiger partial charge in [0, 0.05) is 6.54 Å². The zero-order chi connectivity index (χ0) is 16.7. The molecule has 0 saturated carbocycles. The summed E-state index contributed by atoms with van der Waals surface area (Å²) >= 11 is 0. The molecule has 1 N–H and O–H groups in total. The second kappa shape index (κ2) is 8.22. The molecule has 0 heterocycles. The summed E-state index contributed by atoms with van der Waals surface area (Å²) in [6, 6.07) is 15.3. The lowest BCUT2D eigenvalue weighted by Gasteiger charge is -2.17. The van der Waals surface area contributed by atoms with E-state index in [1.165, 1.54) is 0 Å². The molecular formula is C19H23NO3. The van der Waals surface area contributed by atoms with Crippen molar-refractivity contribution in [2.24, 2.45) is 0 Å². The van der Waals surface area contributed by atoms with Gasteiger partial charge in [0.25, 0.3) is 5.91 Å². The Morgan fingerprint density at radius 2 is 1.87 bits per heavy atom. The van der Waals surface area contributed by atoms with Gasteiger partial charge < -0.3 is 14.8 Å². The maximum absolute atomic E-state index is 12.3. The molecule has 0 radical (unpaired) electrons. The number of carbonyl (C=O) groups is 1. The van der Waals surface area contributed by atoms with Gasteiger partial charge in [-0.3, -0.25) is 4.79 Å². The summed E-state index contributed by atoms with van der Waals surface area (Å²) in [5, 5.41) is 2.92. The molecule has 1 atom stereocenters. The van der Waals surface area contributed by atoms with Crippen LogP contribution in [0.25, 0.3) is 0 Å². The minimum Gasteiger partial charge on any atom is -0.497 e. The normalized spacial score (nSPS) is 11.6. The predicted octanol–water partition coefficient (Wildman–Crippen LogP) is 3.48. The van der Waals surface area contributed by atoms with Crippen LogP contribution in [0.3, 0.4) is 0 Å². The van der Waals surface area contributed by atoms with E-state index >= 15 is 0 Å². The van der Waals surface area contributed by atoms with Crippen LogP contribution in [-0.2, 0) is 11.3 Å². The van der Waals surface area contributed by atoms with Crippen LogP contribution in [0.2, 0.25) is 0 Å². The molecule has 2 rings (SSSR count). The largest absolute Gasteiger partial charge is 0.497 e. The summed E-state index contributed by atoms with van der Waals surface area (Å²) in [6.07, 6.45) is 0.123. The summed E-state index contributed by atoms with van der Waals surface area (Å²) in [5.74, 6) is 1.41. The zero-order valence-corrected chi connectivity index (χ0v) is 13.8. The Kier molecular flexibility index (Phi) is 6.03. The van der Waals surface area contributed by atoms with Crippen molar-refractivity contribution in [2.45, 2.75) is 32.9 Å². The van der Waals surface area contributed by atoms with Crippen LogP contribution >= 0.6 is 0 Å². The van der Waals surface area contributed by atoms with Crippen molar-refractivity contribution in [3.63, 3.8) is 0 Å². The number of hydrogen-bond acceptors (Lipinski definition) is 3. The highest BCUT2D eigenvalue weighted by Crippen LogP contribution is 2.16. The molecule has 4 heteroatoms. The third-order valence-electron chi connectivity index (χ3n) is 3.56. The summed E-state index contributed by atoms with van der Waals surface area (Å²) in [7, 11) is 1.63. The van der Waals surface area contributed by atoms with E-state index in [1.807, 2.05) is 62.4 Å². The van der Waals surface area contributed by atoms with E-state index in [2.05, 4.69) is 5.32 Å². The minimum absolute atomic E-state index is 0.107. The number of methoxy groups -OCH3 is 1. The lowest BCUT2D eigenvalue weighted by atomic mass is 10.2.